The third kappa shape index (κ3) is 2.08. The highest BCUT2D eigenvalue weighted by Gasteiger charge is 2.20. The van der Waals surface area contributed by atoms with E-state index >= 15 is 0 Å². The molecule has 94 valence electrons. The lowest BCUT2D eigenvalue weighted by atomic mass is 10.1. The molecule has 1 aromatic carbocycles. The Kier molecular flexibility index (Phi) is 3.18. The molecular weight excluding hydrogens is 297 g/mol. The van der Waals surface area contributed by atoms with E-state index in [0.29, 0.717) is 6.04 Å². The zero-order chi connectivity index (χ0) is 12.5. The minimum absolute atomic E-state index is 0.244. The van der Waals surface area contributed by atoms with E-state index in [2.05, 4.69) is 26.2 Å². The van der Waals surface area contributed by atoms with E-state index < -0.39 is 0 Å². The summed E-state index contributed by atoms with van der Waals surface area (Å²) >= 11 is 3.40. The summed E-state index contributed by atoms with van der Waals surface area (Å²) in [4.78, 5) is 4.22. The van der Waals surface area contributed by atoms with E-state index in [1.165, 1.54) is 18.6 Å². The molecule has 2 aromatic rings. The molecule has 3 rings (SSSR count). The van der Waals surface area contributed by atoms with E-state index in [1.54, 1.807) is 12.4 Å². The number of aromatic nitrogens is 2. The summed E-state index contributed by atoms with van der Waals surface area (Å²) < 4.78 is 15.9. The fourth-order valence-corrected chi connectivity index (χ4v) is 2.92. The van der Waals surface area contributed by atoms with Gasteiger partial charge in [-0.2, -0.15) is 0 Å². The highest BCUT2D eigenvalue weighted by atomic mass is 79.9. The molecule has 1 aliphatic rings. The molecule has 0 radical (unpaired) electrons. The molecule has 0 amide bonds. The number of nitrogens with one attached hydrogen (secondary N) is 1. The van der Waals surface area contributed by atoms with Crippen LogP contribution in [0.1, 0.15) is 24.6 Å². The van der Waals surface area contributed by atoms with Gasteiger partial charge >= 0.3 is 0 Å². The Hall–Kier alpha value is -1.20. The first-order valence-electron chi connectivity index (χ1n) is 5.97. The fourth-order valence-electron chi connectivity index (χ4n) is 2.38. The lowest BCUT2D eigenvalue weighted by Crippen LogP contribution is -2.16. The van der Waals surface area contributed by atoms with Crippen molar-refractivity contribution >= 4 is 15.9 Å². The van der Waals surface area contributed by atoms with Crippen LogP contribution in [0.3, 0.4) is 0 Å². The average Bonchev–Trinajstić information content (AvgIpc) is 2.98. The van der Waals surface area contributed by atoms with E-state index in [4.69, 9.17) is 0 Å². The summed E-state index contributed by atoms with van der Waals surface area (Å²) in [6.45, 7) is 1.04. The van der Waals surface area contributed by atoms with Crippen LogP contribution in [0, 0.1) is 5.82 Å². The van der Waals surface area contributed by atoms with E-state index in [1.807, 2.05) is 10.8 Å². The SMILES string of the molecule is Fc1ccc(-n2cncc2[C@@H]2CCCN2)c(Br)c1. The topological polar surface area (TPSA) is 29.9 Å². The van der Waals surface area contributed by atoms with E-state index in [-0.39, 0.29) is 5.82 Å². The van der Waals surface area contributed by atoms with Gasteiger partial charge in [-0.15, -0.1) is 0 Å². The molecule has 0 spiro atoms. The number of nitrogens with zero attached hydrogens (tertiary/aromatic N) is 2. The highest BCUT2D eigenvalue weighted by Crippen LogP contribution is 2.28. The van der Waals surface area contributed by atoms with Crippen molar-refractivity contribution in [1.29, 1.82) is 0 Å². The Bertz CT molecular complexity index is 561. The van der Waals surface area contributed by atoms with Gasteiger partial charge in [-0.05, 0) is 53.5 Å². The van der Waals surface area contributed by atoms with Gasteiger partial charge in [0.1, 0.15) is 5.82 Å². The Morgan fingerprint density at radius 3 is 3.06 bits per heavy atom. The van der Waals surface area contributed by atoms with Gasteiger partial charge < -0.3 is 9.88 Å². The van der Waals surface area contributed by atoms with Gasteiger partial charge in [0.15, 0.2) is 0 Å². The number of rotatable bonds is 2. The molecule has 1 fully saturated rings. The first kappa shape index (κ1) is 11.9. The van der Waals surface area contributed by atoms with Gasteiger partial charge in [-0.25, -0.2) is 9.37 Å². The summed E-state index contributed by atoms with van der Waals surface area (Å²) in [6.07, 6.45) is 5.94. The largest absolute Gasteiger partial charge is 0.309 e. The summed E-state index contributed by atoms with van der Waals surface area (Å²) in [7, 11) is 0. The Labute approximate surface area is 113 Å². The molecule has 2 heterocycles. The van der Waals surface area contributed by atoms with Crippen LogP contribution in [0.4, 0.5) is 4.39 Å². The maximum Gasteiger partial charge on any atom is 0.124 e. The summed E-state index contributed by atoms with van der Waals surface area (Å²) in [5.41, 5.74) is 2.04. The van der Waals surface area contributed by atoms with Crippen LogP contribution in [0.15, 0.2) is 35.2 Å². The smallest absolute Gasteiger partial charge is 0.124 e. The van der Waals surface area contributed by atoms with Crippen LogP contribution < -0.4 is 5.32 Å². The van der Waals surface area contributed by atoms with Crippen molar-refractivity contribution in [3.05, 3.63) is 46.7 Å². The maximum absolute atomic E-state index is 13.1. The Morgan fingerprint density at radius 2 is 2.33 bits per heavy atom. The molecular formula is C13H13BrFN3. The highest BCUT2D eigenvalue weighted by molar-refractivity contribution is 9.10. The normalized spacial score (nSPS) is 19.3. The van der Waals surface area contributed by atoms with Gasteiger partial charge in [-0.1, -0.05) is 0 Å². The zero-order valence-electron chi connectivity index (χ0n) is 9.74. The lowest BCUT2D eigenvalue weighted by Gasteiger charge is -2.15. The molecule has 5 heteroatoms. The van der Waals surface area contributed by atoms with Crippen molar-refractivity contribution in [3.8, 4) is 5.69 Å². The van der Waals surface area contributed by atoms with Crippen molar-refractivity contribution in [2.75, 3.05) is 6.54 Å². The maximum atomic E-state index is 13.1. The van der Waals surface area contributed by atoms with Crippen molar-refractivity contribution in [2.45, 2.75) is 18.9 Å². The quantitative estimate of drug-likeness (QED) is 0.923. The van der Waals surface area contributed by atoms with Crippen molar-refractivity contribution in [3.63, 3.8) is 0 Å². The lowest BCUT2D eigenvalue weighted by molar-refractivity contribution is 0.612. The van der Waals surface area contributed by atoms with Gasteiger partial charge in [0.25, 0.3) is 0 Å². The first-order valence-corrected chi connectivity index (χ1v) is 6.76. The predicted octanol–water partition coefficient (Wildman–Crippen LogP) is 3.20. The van der Waals surface area contributed by atoms with Gasteiger partial charge in [0, 0.05) is 10.5 Å². The fraction of sp³-hybridized carbons (Fsp3) is 0.308. The molecule has 1 aromatic heterocycles. The Balaban J connectivity index is 2.03. The zero-order valence-corrected chi connectivity index (χ0v) is 11.3. The predicted molar refractivity (Wildman–Crippen MR) is 71.2 cm³/mol. The van der Waals surface area contributed by atoms with Gasteiger partial charge in [0.05, 0.1) is 23.9 Å². The second kappa shape index (κ2) is 4.82. The van der Waals surface area contributed by atoms with Crippen LogP contribution in [0.25, 0.3) is 5.69 Å². The molecule has 1 aliphatic heterocycles. The van der Waals surface area contributed by atoms with Crippen LogP contribution in [0.5, 0.6) is 0 Å². The average molecular weight is 310 g/mol. The van der Waals surface area contributed by atoms with Crippen molar-refractivity contribution in [2.24, 2.45) is 0 Å². The number of halogens is 2. The van der Waals surface area contributed by atoms with Crippen LogP contribution >= 0.6 is 15.9 Å². The molecule has 1 N–H and O–H groups in total. The van der Waals surface area contributed by atoms with Gasteiger partial charge in [-0.3, -0.25) is 0 Å². The number of benzene rings is 1. The number of hydrogen-bond acceptors (Lipinski definition) is 2. The minimum Gasteiger partial charge on any atom is -0.309 e. The second-order valence-corrected chi connectivity index (χ2v) is 5.29. The molecule has 0 unspecified atom stereocenters. The van der Waals surface area contributed by atoms with Gasteiger partial charge in [0.2, 0.25) is 0 Å². The van der Waals surface area contributed by atoms with Crippen molar-refractivity contribution < 1.29 is 4.39 Å². The Morgan fingerprint density at radius 1 is 1.44 bits per heavy atom. The molecule has 0 bridgehead atoms. The third-order valence-corrected chi connectivity index (χ3v) is 3.89. The molecule has 18 heavy (non-hydrogen) atoms. The molecule has 0 saturated carbocycles. The second-order valence-electron chi connectivity index (χ2n) is 4.43. The molecule has 1 atom stereocenters. The first-order chi connectivity index (χ1) is 8.75. The van der Waals surface area contributed by atoms with E-state index in [9.17, 15) is 4.39 Å². The molecule has 3 nitrogen and oxygen atoms in total. The summed E-state index contributed by atoms with van der Waals surface area (Å²) in [5.74, 6) is -0.244. The molecule has 1 saturated heterocycles. The van der Waals surface area contributed by atoms with Crippen LogP contribution in [-0.2, 0) is 0 Å². The molecule has 0 aliphatic carbocycles. The van der Waals surface area contributed by atoms with E-state index in [0.717, 1.165) is 28.8 Å². The monoisotopic (exact) mass is 309 g/mol. The third-order valence-electron chi connectivity index (χ3n) is 3.25. The van der Waals surface area contributed by atoms with Crippen LogP contribution in [-0.4, -0.2) is 16.1 Å². The van der Waals surface area contributed by atoms with Crippen molar-refractivity contribution in [1.82, 2.24) is 14.9 Å². The summed E-state index contributed by atoms with van der Waals surface area (Å²) in [5, 5.41) is 3.45. The number of imidazole rings is 1. The van der Waals surface area contributed by atoms with Crippen LogP contribution in [0.2, 0.25) is 0 Å². The minimum atomic E-state index is -0.244. The summed E-state index contributed by atoms with van der Waals surface area (Å²) in [6, 6.07) is 5.04. The number of hydrogen-bond donors (Lipinski definition) is 1. The standard InChI is InChI=1S/C13H13BrFN3/c14-10-6-9(15)3-4-12(10)18-8-16-7-13(18)11-2-1-5-17-11/h3-4,6-8,11,17H,1-2,5H2/t11-/m0/s1.